The number of aromatic amines is 1. The molecule has 8 nitrogen and oxygen atoms in total. The smallest absolute Gasteiger partial charge is 0.387 e. The van der Waals surface area contributed by atoms with Crippen LogP contribution in [0.1, 0.15) is 0 Å². The van der Waals surface area contributed by atoms with Crippen molar-refractivity contribution in [1.82, 2.24) is 15.0 Å². The zero-order valence-electron chi connectivity index (χ0n) is 16.1. The third-order valence-corrected chi connectivity index (χ3v) is 4.58. The van der Waals surface area contributed by atoms with Crippen molar-refractivity contribution in [1.29, 1.82) is 0 Å². The highest BCUT2D eigenvalue weighted by atomic mass is 19.3. The van der Waals surface area contributed by atoms with Gasteiger partial charge in [-0.3, -0.25) is 4.79 Å². The number of rotatable bonds is 6. The molecule has 0 spiro atoms. The summed E-state index contributed by atoms with van der Waals surface area (Å²) in [5.74, 6) is -0.176. The molecule has 2 N–H and O–H groups in total. The molecule has 1 aromatic carbocycles. The van der Waals surface area contributed by atoms with Gasteiger partial charge in [-0.05, 0) is 24.3 Å². The first-order chi connectivity index (χ1) is 15.0. The third kappa shape index (κ3) is 4.94. The molecule has 3 heterocycles. The Morgan fingerprint density at radius 3 is 2.74 bits per heavy atom. The van der Waals surface area contributed by atoms with Crippen LogP contribution in [-0.4, -0.2) is 47.9 Å². The van der Waals surface area contributed by atoms with Crippen molar-refractivity contribution in [3.05, 3.63) is 58.9 Å². The maximum Gasteiger partial charge on any atom is 0.387 e. The van der Waals surface area contributed by atoms with E-state index in [1.165, 1.54) is 24.4 Å². The molecule has 0 unspecified atom stereocenters. The van der Waals surface area contributed by atoms with Crippen LogP contribution in [0.25, 0.3) is 11.1 Å². The van der Waals surface area contributed by atoms with Gasteiger partial charge in [0.25, 0.3) is 5.56 Å². The van der Waals surface area contributed by atoms with Crippen molar-refractivity contribution in [3.63, 3.8) is 0 Å². The molecule has 0 radical (unpaired) electrons. The molecule has 1 aliphatic heterocycles. The van der Waals surface area contributed by atoms with Crippen LogP contribution in [0, 0.1) is 5.82 Å². The Balaban J connectivity index is 1.58. The second-order valence-electron chi connectivity index (χ2n) is 6.62. The molecule has 1 saturated heterocycles. The SMILES string of the molecule is O=c1[nH]cc(-c2ccc(OC(F)F)cc2F)cc1Nc1ccnc(N2CCOCC2)n1. The lowest BCUT2D eigenvalue weighted by atomic mass is 10.1. The van der Waals surface area contributed by atoms with Crippen LogP contribution < -0.4 is 20.5 Å². The average molecular weight is 433 g/mol. The maximum atomic E-state index is 14.4. The van der Waals surface area contributed by atoms with E-state index >= 15 is 0 Å². The third-order valence-electron chi connectivity index (χ3n) is 4.58. The summed E-state index contributed by atoms with van der Waals surface area (Å²) < 4.78 is 48.6. The normalized spacial score (nSPS) is 14.0. The number of nitrogens with one attached hydrogen (secondary N) is 2. The van der Waals surface area contributed by atoms with Crippen LogP contribution in [0.2, 0.25) is 0 Å². The minimum atomic E-state index is -3.05. The molecule has 0 aliphatic carbocycles. The molecule has 162 valence electrons. The second kappa shape index (κ2) is 9.04. The van der Waals surface area contributed by atoms with Crippen LogP contribution in [0.3, 0.4) is 0 Å². The number of morpholine rings is 1. The molecule has 3 aromatic rings. The highest BCUT2D eigenvalue weighted by Crippen LogP contribution is 2.28. The van der Waals surface area contributed by atoms with Gasteiger partial charge >= 0.3 is 6.61 Å². The van der Waals surface area contributed by atoms with Crippen LogP contribution in [0.15, 0.2) is 47.5 Å². The van der Waals surface area contributed by atoms with Crippen LogP contribution in [0.4, 0.5) is 30.6 Å². The van der Waals surface area contributed by atoms with E-state index in [-0.39, 0.29) is 17.0 Å². The fourth-order valence-electron chi connectivity index (χ4n) is 3.11. The molecular formula is C20H18F3N5O3. The van der Waals surface area contributed by atoms with E-state index in [1.54, 1.807) is 12.3 Å². The fourth-order valence-corrected chi connectivity index (χ4v) is 3.11. The molecule has 4 rings (SSSR count). The van der Waals surface area contributed by atoms with Gasteiger partial charge < -0.3 is 24.7 Å². The first-order valence-electron chi connectivity index (χ1n) is 9.40. The van der Waals surface area contributed by atoms with E-state index in [2.05, 4.69) is 25.0 Å². The standard InChI is InChI=1S/C20H18F3N5O3/c21-15-10-13(31-19(22)23)1-2-14(15)12-9-16(18(29)25-11-12)26-17-3-4-24-20(27-17)28-5-7-30-8-6-28/h1-4,9-11,19H,5-8H2,(H,25,29)(H,24,26,27). The van der Waals surface area contributed by atoms with E-state index < -0.39 is 18.0 Å². The number of benzene rings is 1. The van der Waals surface area contributed by atoms with Gasteiger partial charge in [0, 0.05) is 42.7 Å². The van der Waals surface area contributed by atoms with Crippen LogP contribution in [0.5, 0.6) is 5.75 Å². The number of hydrogen-bond acceptors (Lipinski definition) is 7. The van der Waals surface area contributed by atoms with Gasteiger partial charge in [0.05, 0.1) is 13.2 Å². The van der Waals surface area contributed by atoms with Gasteiger partial charge in [-0.15, -0.1) is 0 Å². The van der Waals surface area contributed by atoms with Crippen molar-refractivity contribution >= 4 is 17.5 Å². The molecule has 0 atom stereocenters. The highest BCUT2D eigenvalue weighted by Gasteiger charge is 2.15. The van der Waals surface area contributed by atoms with Gasteiger partial charge in [0.1, 0.15) is 23.1 Å². The number of hydrogen-bond donors (Lipinski definition) is 2. The number of H-pyrrole nitrogens is 1. The van der Waals surface area contributed by atoms with E-state index in [9.17, 15) is 18.0 Å². The first-order valence-corrected chi connectivity index (χ1v) is 9.40. The van der Waals surface area contributed by atoms with Gasteiger partial charge in [-0.25, -0.2) is 9.37 Å². The monoisotopic (exact) mass is 433 g/mol. The predicted octanol–water partition coefficient (Wildman–Crippen LogP) is 3.15. The maximum absolute atomic E-state index is 14.4. The van der Waals surface area contributed by atoms with E-state index in [0.29, 0.717) is 43.6 Å². The summed E-state index contributed by atoms with van der Waals surface area (Å²) in [6.45, 7) is -0.580. The Morgan fingerprint density at radius 1 is 1.19 bits per heavy atom. The summed E-state index contributed by atoms with van der Waals surface area (Å²) in [5.41, 5.74) is 0.146. The summed E-state index contributed by atoms with van der Waals surface area (Å²) in [5, 5.41) is 2.92. The van der Waals surface area contributed by atoms with E-state index in [1.807, 2.05) is 4.90 Å². The summed E-state index contributed by atoms with van der Waals surface area (Å²) in [7, 11) is 0. The van der Waals surface area contributed by atoms with E-state index in [0.717, 1.165) is 6.07 Å². The van der Waals surface area contributed by atoms with Crippen LogP contribution in [-0.2, 0) is 4.74 Å². The summed E-state index contributed by atoms with van der Waals surface area (Å²) in [6.07, 6.45) is 2.90. The minimum absolute atomic E-state index is 0.109. The van der Waals surface area contributed by atoms with Gasteiger partial charge in [0.2, 0.25) is 5.95 Å². The van der Waals surface area contributed by atoms with Gasteiger partial charge in [0.15, 0.2) is 0 Å². The molecule has 0 bridgehead atoms. The lowest BCUT2D eigenvalue weighted by Gasteiger charge is -2.26. The number of alkyl halides is 2. The molecular weight excluding hydrogens is 415 g/mol. The molecule has 1 fully saturated rings. The average Bonchev–Trinajstić information content (AvgIpc) is 2.76. The van der Waals surface area contributed by atoms with Crippen molar-refractivity contribution in [2.24, 2.45) is 0 Å². The first kappa shape index (κ1) is 20.7. The number of aromatic nitrogens is 3. The molecule has 1 aliphatic rings. The minimum Gasteiger partial charge on any atom is -0.435 e. The zero-order valence-corrected chi connectivity index (χ0v) is 16.1. The largest absolute Gasteiger partial charge is 0.435 e. The summed E-state index contributed by atoms with van der Waals surface area (Å²) >= 11 is 0. The number of nitrogens with zero attached hydrogens (tertiary/aromatic N) is 3. The summed E-state index contributed by atoms with van der Waals surface area (Å²) in [6, 6.07) is 6.43. The van der Waals surface area contributed by atoms with Gasteiger partial charge in [-0.1, -0.05) is 0 Å². The van der Waals surface area contributed by atoms with Crippen molar-refractivity contribution in [2.75, 3.05) is 36.5 Å². The Labute approximate surface area is 174 Å². The van der Waals surface area contributed by atoms with Crippen molar-refractivity contribution in [2.45, 2.75) is 6.61 Å². The number of ether oxygens (including phenoxy) is 2. The number of halogens is 3. The Kier molecular flexibility index (Phi) is 6.03. The molecule has 11 heteroatoms. The molecule has 0 saturated carbocycles. The number of anilines is 3. The topological polar surface area (TPSA) is 92.4 Å². The lowest BCUT2D eigenvalue weighted by Crippen LogP contribution is -2.37. The van der Waals surface area contributed by atoms with Crippen LogP contribution >= 0.6 is 0 Å². The zero-order chi connectivity index (χ0) is 21.8. The fraction of sp³-hybridized carbons (Fsp3) is 0.250. The number of pyridine rings is 1. The van der Waals surface area contributed by atoms with E-state index in [4.69, 9.17) is 4.74 Å². The molecule has 0 amide bonds. The lowest BCUT2D eigenvalue weighted by molar-refractivity contribution is -0.0499. The second-order valence-corrected chi connectivity index (χ2v) is 6.62. The molecule has 31 heavy (non-hydrogen) atoms. The van der Waals surface area contributed by atoms with Crippen molar-refractivity contribution < 1.29 is 22.6 Å². The Morgan fingerprint density at radius 2 is 2.00 bits per heavy atom. The predicted molar refractivity (Wildman–Crippen MR) is 107 cm³/mol. The molecule has 2 aromatic heterocycles. The Bertz CT molecular complexity index is 1120. The summed E-state index contributed by atoms with van der Waals surface area (Å²) in [4.78, 5) is 25.4. The highest BCUT2D eigenvalue weighted by molar-refractivity contribution is 5.69. The Hall–Kier alpha value is -3.60. The van der Waals surface area contributed by atoms with Gasteiger partial charge in [-0.2, -0.15) is 13.8 Å². The quantitative estimate of drug-likeness (QED) is 0.617. The van der Waals surface area contributed by atoms with Crippen molar-refractivity contribution in [3.8, 4) is 16.9 Å².